The van der Waals surface area contributed by atoms with Gasteiger partial charge in [0, 0.05) is 34.6 Å². The number of benzene rings is 2. The van der Waals surface area contributed by atoms with Crippen LogP contribution in [0.5, 0.6) is 0 Å². The van der Waals surface area contributed by atoms with Crippen molar-refractivity contribution < 1.29 is 13.2 Å². The quantitative estimate of drug-likeness (QED) is 0.456. The van der Waals surface area contributed by atoms with E-state index in [9.17, 15) is 13.2 Å². The van der Waals surface area contributed by atoms with Crippen molar-refractivity contribution in [3.63, 3.8) is 0 Å². The van der Waals surface area contributed by atoms with Gasteiger partial charge in [-0.05, 0) is 38.0 Å². The number of carbonyl (C=O) groups is 1. The van der Waals surface area contributed by atoms with Crippen LogP contribution in [0.25, 0.3) is 22.2 Å². The highest BCUT2D eigenvalue weighted by Gasteiger charge is 2.39. The highest BCUT2D eigenvalue weighted by molar-refractivity contribution is 7.89. The van der Waals surface area contributed by atoms with Gasteiger partial charge in [0.1, 0.15) is 6.04 Å². The van der Waals surface area contributed by atoms with E-state index in [0.717, 1.165) is 27.7 Å². The summed E-state index contributed by atoms with van der Waals surface area (Å²) in [5.74, 6) is -0.349. The Morgan fingerprint density at radius 1 is 1.19 bits per heavy atom. The molecule has 1 aliphatic heterocycles. The van der Waals surface area contributed by atoms with E-state index in [0.29, 0.717) is 24.5 Å². The van der Waals surface area contributed by atoms with Crippen LogP contribution in [-0.2, 0) is 14.8 Å². The molecule has 0 spiro atoms. The fraction of sp³-hybridized carbons (Fsp3) is 0.217. The summed E-state index contributed by atoms with van der Waals surface area (Å²) in [6.07, 6.45) is 3.03. The van der Waals surface area contributed by atoms with E-state index >= 15 is 0 Å². The van der Waals surface area contributed by atoms with Crippen molar-refractivity contribution >= 4 is 43.3 Å². The standard InChI is InChI=1S/C23H22N4O3S2/c1-15-8-10-16(11-9-15)32(29,30)27-12-4-7-21(27)22(28)26-23-25-20(14-31-23)18-13-24-19-6-3-2-5-17(18)19/h2-3,5-6,8-11,13-14,21,24H,4,7,12H2,1H3,(H,25,26,28). The molecule has 2 aromatic heterocycles. The van der Waals surface area contributed by atoms with Crippen LogP contribution in [-0.4, -0.2) is 41.2 Å². The van der Waals surface area contributed by atoms with Crippen molar-refractivity contribution in [3.8, 4) is 11.3 Å². The van der Waals surface area contributed by atoms with Gasteiger partial charge in [-0.2, -0.15) is 4.31 Å². The predicted molar refractivity (Wildman–Crippen MR) is 126 cm³/mol. The fourth-order valence-electron chi connectivity index (χ4n) is 4.06. The van der Waals surface area contributed by atoms with Crippen molar-refractivity contribution in [3.05, 3.63) is 65.7 Å². The lowest BCUT2D eigenvalue weighted by molar-refractivity contribution is -0.119. The summed E-state index contributed by atoms with van der Waals surface area (Å²) in [5.41, 5.74) is 3.72. The number of rotatable bonds is 5. The summed E-state index contributed by atoms with van der Waals surface area (Å²) >= 11 is 1.33. The maximum absolute atomic E-state index is 13.1. The number of nitrogens with zero attached hydrogens (tertiary/aromatic N) is 2. The number of anilines is 1. The highest BCUT2D eigenvalue weighted by atomic mass is 32.2. The van der Waals surface area contributed by atoms with E-state index in [-0.39, 0.29) is 10.8 Å². The zero-order valence-corrected chi connectivity index (χ0v) is 19.0. The number of aryl methyl sites for hydroxylation is 1. The average molecular weight is 467 g/mol. The lowest BCUT2D eigenvalue weighted by Crippen LogP contribution is -2.43. The number of nitrogens with one attached hydrogen (secondary N) is 2. The molecule has 3 heterocycles. The fourth-order valence-corrected chi connectivity index (χ4v) is 6.43. The third-order valence-electron chi connectivity index (χ3n) is 5.73. The number of hydrogen-bond acceptors (Lipinski definition) is 5. The monoisotopic (exact) mass is 466 g/mol. The Morgan fingerprint density at radius 2 is 1.97 bits per heavy atom. The van der Waals surface area contributed by atoms with Gasteiger partial charge < -0.3 is 10.3 Å². The molecule has 0 saturated carbocycles. The van der Waals surface area contributed by atoms with Crippen LogP contribution in [0, 0.1) is 6.92 Å². The smallest absolute Gasteiger partial charge is 0.244 e. The molecule has 7 nitrogen and oxygen atoms in total. The largest absolute Gasteiger partial charge is 0.360 e. The number of aromatic nitrogens is 2. The van der Waals surface area contributed by atoms with E-state index < -0.39 is 16.1 Å². The molecule has 1 aliphatic rings. The molecule has 0 aliphatic carbocycles. The van der Waals surface area contributed by atoms with Crippen LogP contribution in [0.4, 0.5) is 5.13 Å². The Kier molecular flexibility index (Phi) is 5.32. The molecule has 1 atom stereocenters. The predicted octanol–water partition coefficient (Wildman–Crippen LogP) is 4.39. The van der Waals surface area contributed by atoms with Gasteiger partial charge in [-0.3, -0.25) is 4.79 Å². The Labute approximate surface area is 190 Å². The van der Waals surface area contributed by atoms with E-state index in [2.05, 4.69) is 15.3 Å². The number of amides is 1. The number of H-pyrrole nitrogens is 1. The Bertz CT molecular complexity index is 1390. The molecule has 4 aromatic rings. The van der Waals surface area contributed by atoms with Crippen LogP contribution in [0.2, 0.25) is 0 Å². The molecule has 1 fully saturated rings. The molecule has 2 aromatic carbocycles. The van der Waals surface area contributed by atoms with Crippen molar-refractivity contribution in [1.29, 1.82) is 0 Å². The van der Waals surface area contributed by atoms with Gasteiger partial charge >= 0.3 is 0 Å². The SMILES string of the molecule is Cc1ccc(S(=O)(=O)N2CCCC2C(=O)Nc2nc(-c3c[nH]c4ccccc34)cs2)cc1. The summed E-state index contributed by atoms with van der Waals surface area (Å²) < 4.78 is 27.6. The topological polar surface area (TPSA) is 95.2 Å². The van der Waals surface area contributed by atoms with Crippen molar-refractivity contribution in [2.75, 3.05) is 11.9 Å². The zero-order chi connectivity index (χ0) is 22.3. The minimum atomic E-state index is -3.75. The molecular weight excluding hydrogens is 444 g/mol. The molecular formula is C23H22N4O3S2. The Hall–Kier alpha value is -3.01. The van der Waals surface area contributed by atoms with Crippen molar-refractivity contribution in [2.24, 2.45) is 0 Å². The summed E-state index contributed by atoms with van der Waals surface area (Å²) in [6.45, 7) is 2.23. The second-order valence-corrected chi connectivity index (χ2v) is 10.6. The lowest BCUT2D eigenvalue weighted by Gasteiger charge is -2.23. The van der Waals surface area contributed by atoms with Crippen LogP contribution >= 0.6 is 11.3 Å². The van der Waals surface area contributed by atoms with Gasteiger partial charge in [-0.1, -0.05) is 35.9 Å². The summed E-state index contributed by atoms with van der Waals surface area (Å²) in [7, 11) is -3.75. The number of carbonyl (C=O) groups excluding carboxylic acids is 1. The van der Waals surface area contributed by atoms with E-state index in [1.54, 1.807) is 24.3 Å². The first-order valence-electron chi connectivity index (χ1n) is 10.3. The second-order valence-electron chi connectivity index (χ2n) is 7.86. The van der Waals surface area contributed by atoms with Crippen LogP contribution in [0.15, 0.2) is 65.0 Å². The molecule has 0 bridgehead atoms. The molecule has 9 heteroatoms. The number of aromatic amines is 1. The first-order valence-corrected chi connectivity index (χ1v) is 12.7. The number of hydrogen-bond donors (Lipinski definition) is 2. The molecule has 1 unspecified atom stereocenters. The van der Waals surface area contributed by atoms with Gasteiger partial charge in [0.15, 0.2) is 5.13 Å². The lowest BCUT2D eigenvalue weighted by atomic mass is 10.1. The number of fused-ring (bicyclic) bond motifs is 1. The molecule has 0 radical (unpaired) electrons. The van der Waals surface area contributed by atoms with Gasteiger partial charge in [-0.15, -0.1) is 11.3 Å². The van der Waals surface area contributed by atoms with Gasteiger partial charge in [0.2, 0.25) is 15.9 Å². The van der Waals surface area contributed by atoms with Crippen LogP contribution in [0.1, 0.15) is 18.4 Å². The minimum Gasteiger partial charge on any atom is -0.360 e. The molecule has 1 saturated heterocycles. The number of para-hydroxylation sites is 1. The molecule has 164 valence electrons. The molecule has 32 heavy (non-hydrogen) atoms. The summed E-state index contributed by atoms with van der Waals surface area (Å²) in [6, 6.07) is 13.9. The maximum atomic E-state index is 13.1. The molecule has 1 amide bonds. The van der Waals surface area contributed by atoms with E-state index in [4.69, 9.17) is 0 Å². The molecule has 5 rings (SSSR count). The van der Waals surface area contributed by atoms with Gasteiger partial charge in [-0.25, -0.2) is 13.4 Å². The summed E-state index contributed by atoms with van der Waals surface area (Å²) in [4.78, 5) is 21.0. The normalized spacial score (nSPS) is 17.1. The maximum Gasteiger partial charge on any atom is 0.244 e. The first-order chi connectivity index (χ1) is 15.4. The first kappa shape index (κ1) is 20.9. The zero-order valence-electron chi connectivity index (χ0n) is 17.4. The van der Waals surface area contributed by atoms with Crippen molar-refractivity contribution in [2.45, 2.75) is 30.7 Å². The third kappa shape index (κ3) is 3.72. The Morgan fingerprint density at radius 3 is 2.78 bits per heavy atom. The number of sulfonamides is 1. The highest BCUT2D eigenvalue weighted by Crippen LogP contribution is 2.32. The van der Waals surface area contributed by atoms with E-state index in [1.165, 1.54) is 15.6 Å². The average Bonchev–Trinajstić information content (AvgIpc) is 3.53. The van der Waals surface area contributed by atoms with Crippen molar-refractivity contribution in [1.82, 2.24) is 14.3 Å². The minimum absolute atomic E-state index is 0.207. The number of thiazole rings is 1. The third-order valence-corrected chi connectivity index (χ3v) is 8.41. The molecule has 2 N–H and O–H groups in total. The Balaban J connectivity index is 1.35. The van der Waals surface area contributed by atoms with Crippen LogP contribution < -0.4 is 5.32 Å². The second kappa shape index (κ2) is 8.16. The van der Waals surface area contributed by atoms with E-state index in [1.807, 2.05) is 42.8 Å². The summed E-state index contributed by atoms with van der Waals surface area (Å²) in [5, 5.41) is 6.23. The van der Waals surface area contributed by atoms with Gasteiger partial charge in [0.05, 0.1) is 10.6 Å². The van der Waals surface area contributed by atoms with Crippen LogP contribution in [0.3, 0.4) is 0 Å². The van der Waals surface area contributed by atoms with Gasteiger partial charge in [0.25, 0.3) is 0 Å².